The molecule has 0 radical (unpaired) electrons. The van der Waals surface area contributed by atoms with Gasteiger partial charge in [-0.2, -0.15) is 0 Å². The first kappa shape index (κ1) is 15.0. The summed E-state index contributed by atoms with van der Waals surface area (Å²) < 4.78 is 22.6. The lowest BCUT2D eigenvalue weighted by atomic mass is 10.1. The predicted octanol–water partition coefficient (Wildman–Crippen LogP) is 1.52. The second kappa shape index (κ2) is 6.20. The van der Waals surface area contributed by atoms with Gasteiger partial charge in [0.25, 0.3) is 0 Å². The molecule has 0 aliphatic rings. The van der Waals surface area contributed by atoms with E-state index in [1.807, 2.05) is 30.3 Å². The van der Waals surface area contributed by atoms with Gasteiger partial charge in [-0.05, 0) is 12.5 Å². The highest BCUT2D eigenvalue weighted by molar-refractivity contribution is 7.92. The zero-order valence-corrected chi connectivity index (χ0v) is 11.8. The van der Waals surface area contributed by atoms with E-state index in [1.165, 1.54) is 6.92 Å². The molecule has 1 aromatic rings. The molecule has 0 bridgehead atoms. The molecule has 1 rings (SSSR count). The van der Waals surface area contributed by atoms with Crippen molar-refractivity contribution in [3.8, 4) is 0 Å². The fourth-order valence-electron chi connectivity index (χ4n) is 1.38. The summed E-state index contributed by atoms with van der Waals surface area (Å²) in [7, 11) is -3.39. The molecule has 1 N–H and O–H groups in total. The van der Waals surface area contributed by atoms with E-state index in [2.05, 4.69) is 5.32 Å². The molecule has 0 aliphatic carbocycles. The smallest absolute Gasteiger partial charge is 0.238 e. The largest absolute Gasteiger partial charge is 0.347 e. The van der Waals surface area contributed by atoms with E-state index in [0.717, 1.165) is 11.8 Å². The Hall–Kier alpha value is -1.07. The third kappa shape index (κ3) is 3.99. The molecular formula is C12H16ClNO3S. The number of amides is 1. The van der Waals surface area contributed by atoms with Crippen molar-refractivity contribution >= 4 is 27.3 Å². The van der Waals surface area contributed by atoms with Crippen LogP contribution in [0, 0.1) is 0 Å². The first-order chi connectivity index (χ1) is 8.36. The van der Waals surface area contributed by atoms with Crippen molar-refractivity contribution in [3.63, 3.8) is 0 Å². The van der Waals surface area contributed by atoms with Crippen LogP contribution in [0.15, 0.2) is 30.3 Å². The van der Waals surface area contributed by atoms with Crippen LogP contribution >= 0.6 is 11.6 Å². The molecule has 0 aliphatic heterocycles. The lowest BCUT2D eigenvalue weighted by Gasteiger charge is -2.18. The van der Waals surface area contributed by atoms with E-state index >= 15 is 0 Å². The van der Waals surface area contributed by atoms with Crippen LogP contribution in [0.2, 0.25) is 0 Å². The molecular weight excluding hydrogens is 274 g/mol. The number of rotatable bonds is 5. The Morgan fingerprint density at radius 3 is 2.33 bits per heavy atom. The highest BCUT2D eigenvalue weighted by Crippen LogP contribution is 2.14. The van der Waals surface area contributed by atoms with Crippen LogP contribution in [-0.4, -0.2) is 31.7 Å². The fraction of sp³-hybridized carbons (Fsp3) is 0.417. The summed E-state index contributed by atoms with van der Waals surface area (Å²) in [6, 6.07) is 8.80. The van der Waals surface area contributed by atoms with Gasteiger partial charge in [-0.15, -0.1) is 11.6 Å². The van der Waals surface area contributed by atoms with Gasteiger partial charge in [-0.1, -0.05) is 30.3 Å². The number of nitrogens with one attached hydrogen (secondary N) is 1. The molecule has 0 saturated heterocycles. The number of benzene rings is 1. The van der Waals surface area contributed by atoms with Crippen molar-refractivity contribution in [2.75, 3.05) is 12.1 Å². The minimum atomic E-state index is -3.39. The number of hydrogen-bond acceptors (Lipinski definition) is 3. The highest BCUT2D eigenvalue weighted by atomic mass is 35.5. The molecule has 2 atom stereocenters. The average Bonchev–Trinajstić information content (AvgIpc) is 2.34. The van der Waals surface area contributed by atoms with Crippen LogP contribution in [-0.2, 0) is 14.6 Å². The van der Waals surface area contributed by atoms with Crippen LogP contribution in [0.1, 0.15) is 18.5 Å². The number of carbonyl (C=O) groups is 1. The van der Waals surface area contributed by atoms with Gasteiger partial charge in [0.05, 0.1) is 6.04 Å². The molecule has 4 nitrogen and oxygen atoms in total. The summed E-state index contributed by atoms with van der Waals surface area (Å²) in [6.45, 7) is 1.36. The van der Waals surface area contributed by atoms with E-state index < -0.39 is 21.0 Å². The maximum Gasteiger partial charge on any atom is 0.238 e. The number of alkyl halides is 1. The Morgan fingerprint density at radius 1 is 1.33 bits per heavy atom. The van der Waals surface area contributed by atoms with Crippen LogP contribution < -0.4 is 5.32 Å². The topological polar surface area (TPSA) is 63.2 Å². The summed E-state index contributed by atoms with van der Waals surface area (Å²) in [5.41, 5.74) is 0.849. The molecule has 6 heteroatoms. The van der Waals surface area contributed by atoms with Crippen molar-refractivity contribution in [2.24, 2.45) is 0 Å². The molecule has 1 aromatic carbocycles. The Morgan fingerprint density at radius 2 is 1.89 bits per heavy atom. The molecule has 0 heterocycles. The number of halogens is 1. The molecule has 100 valence electrons. The van der Waals surface area contributed by atoms with E-state index in [9.17, 15) is 13.2 Å². The maximum absolute atomic E-state index is 11.8. The van der Waals surface area contributed by atoms with Crippen molar-refractivity contribution in [3.05, 3.63) is 35.9 Å². The van der Waals surface area contributed by atoms with Crippen LogP contribution in [0.3, 0.4) is 0 Å². The summed E-state index contributed by atoms with van der Waals surface area (Å²) in [4.78, 5) is 11.8. The first-order valence-corrected chi connectivity index (χ1v) is 7.95. The summed E-state index contributed by atoms with van der Waals surface area (Å²) in [6.07, 6.45) is 1.04. The lowest BCUT2D eigenvalue weighted by molar-refractivity contribution is -0.121. The van der Waals surface area contributed by atoms with E-state index in [-0.39, 0.29) is 11.9 Å². The molecule has 0 spiro atoms. The molecule has 0 aromatic heterocycles. The Kier molecular flexibility index (Phi) is 5.16. The predicted molar refractivity (Wildman–Crippen MR) is 72.4 cm³/mol. The monoisotopic (exact) mass is 289 g/mol. The average molecular weight is 290 g/mol. The van der Waals surface area contributed by atoms with Crippen molar-refractivity contribution < 1.29 is 13.2 Å². The second-order valence-corrected chi connectivity index (χ2v) is 6.77. The minimum absolute atomic E-state index is 0.187. The molecule has 18 heavy (non-hydrogen) atoms. The van der Waals surface area contributed by atoms with Crippen LogP contribution in [0.25, 0.3) is 0 Å². The van der Waals surface area contributed by atoms with E-state index in [0.29, 0.717) is 0 Å². The molecule has 0 saturated carbocycles. The van der Waals surface area contributed by atoms with Gasteiger partial charge in [-0.25, -0.2) is 8.42 Å². The summed E-state index contributed by atoms with van der Waals surface area (Å²) in [5, 5.41) is 1.56. The zero-order chi connectivity index (χ0) is 13.8. The standard InChI is InChI=1S/C12H16ClNO3S/c1-9(18(2,16)17)12(15)14-11(8-13)10-6-4-3-5-7-10/h3-7,9,11H,8H2,1-2H3,(H,14,15). The van der Waals surface area contributed by atoms with Gasteiger partial charge >= 0.3 is 0 Å². The second-order valence-electron chi connectivity index (χ2n) is 4.10. The highest BCUT2D eigenvalue weighted by Gasteiger charge is 2.25. The molecule has 1 amide bonds. The third-order valence-electron chi connectivity index (χ3n) is 2.68. The van der Waals surface area contributed by atoms with Gasteiger partial charge in [0, 0.05) is 12.1 Å². The number of sulfone groups is 1. The van der Waals surface area contributed by atoms with Crippen molar-refractivity contribution in [1.29, 1.82) is 0 Å². The Labute approximate surface area is 112 Å². The summed E-state index contributed by atoms with van der Waals surface area (Å²) in [5.74, 6) is -0.348. The normalized spacial score (nSPS) is 14.8. The van der Waals surface area contributed by atoms with Gasteiger partial charge in [0.2, 0.25) is 5.91 Å². The Balaban J connectivity index is 2.80. The number of carbonyl (C=O) groups excluding carboxylic acids is 1. The van der Waals surface area contributed by atoms with Crippen molar-refractivity contribution in [1.82, 2.24) is 5.32 Å². The van der Waals surface area contributed by atoms with Crippen LogP contribution in [0.5, 0.6) is 0 Å². The van der Waals surface area contributed by atoms with Gasteiger partial charge in [0.15, 0.2) is 9.84 Å². The maximum atomic E-state index is 11.8. The summed E-state index contributed by atoms with van der Waals surface area (Å²) >= 11 is 5.80. The van der Waals surface area contributed by atoms with E-state index in [4.69, 9.17) is 11.6 Å². The van der Waals surface area contributed by atoms with E-state index in [1.54, 1.807) is 0 Å². The molecule has 2 unspecified atom stereocenters. The Bertz CT molecular complexity index is 501. The van der Waals surface area contributed by atoms with Crippen LogP contribution in [0.4, 0.5) is 0 Å². The number of hydrogen-bond donors (Lipinski definition) is 1. The van der Waals surface area contributed by atoms with Gasteiger partial charge < -0.3 is 5.32 Å². The fourth-order valence-corrected chi connectivity index (χ4v) is 2.09. The SMILES string of the molecule is CC(C(=O)NC(CCl)c1ccccc1)S(C)(=O)=O. The lowest BCUT2D eigenvalue weighted by Crippen LogP contribution is -2.40. The van der Waals surface area contributed by atoms with Gasteiger partial charge in [0.1, 0.15) is 5.25 Å². The zero-order valence-electron chi connectivity index (χ0n) is 10.3. The molecule has 0 fully saturated rings. The third-order valence-corrected chi connectivity index (χ3v) is 4.49. The minimum Gasteiger partial charge on any atom is -0.347 e. The van der Waals surface area contributed by atoms with Gasteiger partial charge in [-0.3, -0.25) is 4.79 Å². The van der Waals surface area contributed by atoms with Crippen molar-refractivity contribution in [2.45, 2.75) is 18.2 Å². The quantitative estimate of drug-likeness (QED) is 0.836. The first-order valence-electron chi connectivity index (χ1n) is 5.46.